The minimum atomic E-state index is 0.515. The zero-order valence-electron chi connectivity index (χ0n) is 11.3. The SMILES string of the molecule is N#CCCN(CCn1cc(N)cn1)Cc1cccnc1. The zero-order chi connectivity index (χ0) is 14.2. The lowest BCUT2D eigenvalue weighted by Crippen LogP contribution is -2.28. The average molecular weight is 270 g/mol. The molecule has 0 fully saturated rings. The molecule has 2 aromatic heterocycles. The van der Waals surface area contributed by atoms with Gasteiger partial charge in [0, 0.05) is 44.6 Å². The van der Waals surface area contributed by atoms with E-state index >= 15 is 0 Å². The fourth-order valence-electron chi connectivity index (χ4n) is 1.97. The van der Waals surface area contributed by atoms with Crippen LogP contribution >= 0.6 is 0 Å². The molecule has 6 nitrogen and oxygen atoms in total. The van der Waals surface area contributed by atoms with Crippen LogP contribution in [0, 0.1) is 11.3 Å². The highest BCUT2D eigenvalue weighted by Crippen LogP contribution is 2.05. The number of hydrogen-bond acceptors (Lipinski definition) is 5. The molecule has 0 aliphatic carbocycles. The predicted octanol–water partition coefficient (Wildman–Crippen LogP) is 1.28. The van der Waals surface area contributed by atoms with Gasteiger partial charge in [-0.3, -0.25) is 14.6 Å². The number of anilines is 1. The zero-order valence-corrected chi connectivity index (χ0v) is 11.3. The van der Waals surface area contributed by atoms with Crippen LogP contribution in [0.4, 0.5) is 5.69 Å². The quantitative estimate of drug-likeness (QED) is 0.819. The van der Waals surface area contributed by atoms with Crippen LogP contribution in [0.25, 0.3) is 0 Å². The molecular weight excluding hydrogens is 252 g/mol. The number of pyridine rings is 1. The minimum Gasteiger partial charge on any atom is -0.396 e. The summed E-state index contributed by atoms with van der Waals surface area (Å²) in [7, 11) is 0. The number of nitriles is 1. The van der Waals surface area contributed by atoms with Crippen molar-refractivity contribution in [1.82, 2.24) is 19.7 Å². The van der Waals surface area contributed by atoms with E-state index in [9.17, 15) is 0 Å². The summed E-state index contributed by atoms with van der Waals surface area (Å²) >= 11 is 0. The number of rotatable bonds is 7. The number of nitrogen functional groups attached to an aromatic ring is 1. The molecule has 0 saturated heterocycles. The van der Waals surface area contributed by atoms with Gasteiger partial charge in [0.2, 0.25) is 0 Å². The van der Waals surface area contributed by atoms with E-state index < -0.39 is 0 Å². The third-order valence-electron chi connectivity index (χ3n) is 2.97. The van der Waals surface area contributed by atoms with Crippen LogP contribution < -0.4 is 5.73 Å². The Morgan fingerprint density at radius 2 is 2.25 bits per heavy atom. The Morgan fingerprint density at radius 1 is 1.35 bits per heavy atom. The Hall–Kier alpha value is -2.39. The topological polar surface area (TPSA) is 83.8 Å². The third kappa shape index (κ3) is 4.37. The molecule has 2 rings (SSSR count). The summed E-state index contributed by atoms with van der Waals surface area (Å²) in [6.45, 7) is 3.09. The van der Waals surface area contributed by atoms with Crippen LogP contribution in [0.5, 0.6) is 0 Å². The fourth-order valence-corrected chi connectivity index (χ4v) is 1.97. The molecule has 104 valence electrons. The summed E-state index contributed by atoms with van der Waals surface area (Å²) in [6.07, 6.45) is 7.58. The lowest BCUT2D eigenvalue weighted by molar-refractivity contribution is 0.255. The van der Waals surface area contributed by atoms with Crippen molar-refractivity contribution in [1.29, 1.82) is 5.26 Å². The molecule has 0 saturated carbocycles. The molecule has 0 amide bonds. The van der Waals surface area contributed by atoms with E-state index in [1.54, 1.807) is 12.4 Å². The van der Waals surface area contributed by atoms with Gasteiger partial charge < -0.3 is 5.73 Å². The van der Waals surface area contributed by atoms with Gasteiger partial charge >= 0.3 is 0 Å². The standard InChI is InChI=1S/C14H18N6/c15-4-2-6-19(11-13-3-1-5-17-9-13)7-8-20-12-14(16)10-18-20/h1,3,5,9-10,12H,2,6-8,11,16H2. The lowest BCUT2D eigenvalue weighted by Gasteiger charge is -2.21. The van der Waals surface area contributed by atoms with Gasteiger partial charge in [-0.1, -0.05) is 6.07 Å². The van der Waals surface area contributed by atoms with Gasteiger partial charge in [-0.25, -0.2) is 0 Å². The van der Waals surface area contributed by atoms with E-state index in [0.29, 0.717) is 12.1 Å². The van der Waals surface area contributed by atoms with Crippen molar-refractivity contribution in [3.8, 4) is 6.07 Å². The average Bonchev–Trinajstić information content (AvgIpc) is 2.88. The number of hydrogen-bond donors (Lipinski definition) is 1. The smallest absolute Gasteiger partial charge is 0.0719 e. The van der Waals surface area contributed by atoms with Gasteiger partial charge in [0.25, 0.3) is 0 Å². The highest BCUT2D eigenvalue weighted by atomic mass is 15.3. The molecule has 2 aromatic rings. The maximum atomic E-state index is 8.75. The molecule has 20 heavy (non-hydrogen) atoms. The van der Waals surface area contributed by atoms with Crippen molar-refractivity contribution in [2.45, 2.75) is 19.5 Å². The van der Waals surface area contributed by atoms with Crippen molar-refractivity contribution < 1.29 is 0 Å². The Balaban J connectivity index is 1.91. The van der Waals surface area contributed by atoms with Crippen molar-refractivity contribution in [2.24, 2.45) is 0 Å². The Labute approximate surface area is 118 Å². The molecule has 0 aromatic carbocycles. The molecule has 2 heterocycles. The Bertz CT molecular complexity index is 557. The van der Waals surface area contributed by atoms with Crippen LogP contribution in [0.3, 0.4) is 0 Å². The fraction of sp³-hybridized carbons (Fsp3) is 0.357. The van der Waals surface area contributed by atoms with Crippen molar-refractivity contribution in [2.75, 3.05) is 18.8 Å². The van der Waals surface area contributed by atoms with Gasteiger partial charge in [-0.15, -0.1) is 0 Å². The largest absolute Gasteiger partial charge is 0.396 e. The first-order chi connectivity index (χ1) is 9.78. The summed E-state index contributed by atoms with van der Waals surface area (Å²) in [5.74, 6) is 0. The van der Waals surface area contributed by atoms with Crippen molar-refractivity contribution in [3.63, 3.8) is 0 Å². The maximum Gasteiger partial charge on any atom is 0.0719 e. The molecule has 0 unspecified atom stereocenters. The summed E-state index contributed by atoms with van der Waals surface area (Å²) in [5, 5.41) is 12.9. The molecule has 0 aliphatic heterocycles. The summed E-state index contributed by atoms with van der Waals surface area (Å²) in [5.41, 5.74) is 7.45. The van der Waals surface area contributed by atoms with Crippen LogP contribution in [0.15, 0.2) is 36.9 Å². The first-order valence-corrected chi connectivity index (χ1v) is 6.54. The van der Waals surface area contributed by atoms with E-state index in [1.165, 1.54) is 0 Å². The van der Waals surface area contributed by atoms with Gasteiger partial charge in [-0.2, -0.15) is 10.4 Å². The van der Waals surface area contributed by atoms with Crippen LogP contribution in [0.2, 0.25) is 0 Å². The summed E-state index contributed by atoms with van der Waals surface area (Å²) in [4.78, 5) is 6.33. The normalized spacial score (nSPS) is 10.6. The Kier molecular flexibility index (Phi) is 5.09. The van der Waals surface area contributed by atoms with Crippen LogP contribution in [-0.4, -0.2) is 32.8 Å². The second kappa shape index (κ2) is 7.26. The number of nitrogens with zero attached hydrogens (tertiary/aromatic N) is 5. The molecular formula is C14H18N6. The van der Waals surface area contributed by atoms with E-state index in [4.69, 9.17) is 11.0 Å². The van der Waals surface area contributed by atoms with Gasteiger partial charge in [0.1, 0.15) is 0 Å². The minimum absolute atomic E-state index is 0.515. The van der Waals surface area contributed by atoms with E-state index in [0.717, 1.165) is 31.7 Å². The third-order valence-corrected chi connectivity index (χ3v) is 2.97. The molecule has 0 radical (unpaired) electrons. The highest BCUT2D eigenvalue weighted by Gasteiger charge is 2.06. The van der Waals surface area contributed by atoms with Gasteiger partial charge in [0.15, 0.2) is 0 Å². The van der Waals surface area contributed by atoms with E-state index in [1.807, 2.05) is 29.2 Å². The molecule has 0 bridgehead atoms. The second-order valence-electron chi connectivity index (χ2n) is 4.58. The van der Waals surface area contributed by atoms with Gasteiger partial charge in [-0.05, 0) is 11.6 Å². The Morgan fingerprint density at radius 3 is 2.90 bits per heavy atom. The van der Waals surface area contributed by atoms with Crippen molar-refractivity contribution in [3.05, 3.63) is 42.5 Å². The monoisotopic (exact) mass is 270 g/mol. The van der Waals surface area contributed by atoms with Crippen LogP contribution in [-0.2, 0) is 13.1 Å². The summed E-state index contributed by atoms with van der Waals surface area (Å²) < 4.78 is 1.82. The highest BCUT2D eigenvalue weighted by molar-refractivity contribution is 5.30. The lowest BCUT2D eigenvalue weighted by atomic mass is 10.2. The molecule has 6 heteroatoms. The summed E-state index contributed by atoms with van der Waals surface area (Å²) in [6, 6.07) is 6.15. The molecule has 0 atom stereocenters. The molecule has 2 N–H and O–H groups in total. The first kappa shape index (κ1) is 14.0. The number of nitrogens with two attached hydrogens (primary N) is 1. The molecule has 0 aliphatic rings. The van der Waals surface area contributed by atoms with Crippen molar-refractivity contribution >= 4 is 5.69 Å². The predicted molar refractivity (Wildman–Crippen MR) is 76.4 cm³/mol. The van der Waals surface area contributed by atoms with Gasteiger partial charge in [0.05, 0.1) is 24.5 Å². The van der Waals surface area contributed by atoms with E-state index in [-0.39, 0.29) is 0 Å². The van der Waals surface area contributed by atoms with E-state index in [2.05, 4.69) is 21.1 Å². The maximum absolute atomic E-state index is 8.75. The van der Waals surface area contributed by atoms with Crippen LogP contribution in [0.1, 0.15) is 12.0 Å². The second-order valence-corrected chi connectivity index (χ2v) is 4.58. The molecule has 0 spiro atoms. The first-order valence-electron chi connectivity index (χ1n) is 6.54. The number of aromatic nitrogens is 3.